The van der Waals surface area contributed by atoms with E-state index in [1.807, 2.05) is 66.9 Å². The van der Waals surface area contributed by atoms with Gasteiger partial charge in [0.05, 0.1) is 56.0 Å². The molecular formula is C41H36FN3O8. The molecule has 4 aromatic carbocycles. The molecule has 0 saturated carbocycles. The van der Waals surface area contributed by atoms with Crippen molar-refractivity contribution in [3.8, 4) is 34.1 Å². The third-order valence-corrected chi connectivity index (χ3v) is 8.37. The van der Waals surface area contributed by atoms with Crippen LogP contribution in [0.2, 0.25) is 0 Å². The SMILES string of the molecule is O=c1cc(-c2ccc(OCCOCCOCCn3cc(CCCOc4ccc(-c5cc(=O)c6cc(F)ccc6o5)cc4)nn3)cc2)oc2ccccc12. The van der Waals surface area contributed by atoms with Crippen LogP contribution in [0.4, 0.5) is 4.39 Å². The van der Waals surface area contributed by atoms with E-state index in [0.29, 0.717) is 92.2 Å². The number of rotatable bonds is 17. The minimum absolute atomic E-state index is 0.0767. The zero-order valence-corrected chi connectivity index (χ0v) is 28.7. The van der Waals surface area contributed by atoms with Gasteiger partial charge in [0.25, 0.3) is 0 Å². The first kappa shape index (κ1) is 35.3. The molecule has 7 rings (SSSR count). The normalized spacial score (nSPS) is 11.3. The van der Waals surface area contributed by atoms with E-state index in [9.17, 15) is 14.0 Å². The van der Waals surface area contributed by atoms with Gasteiger partial charge in [-0.15, -0.1) is 5.10 Å². The molecule has 12 heteroatoms. The molecule has 0 atom stereocenters. The summed E-state index contributed by atoms with van der Waals surface area (Å²) >= 11 is 0. The first-order valence-corrected chi connectivity index (χ1v) is 17.3. The lowest BCUT2D eigenvalue weighted by Gasteiger charge is -2.09. The number of nitrogens with zero attached hydrogens (tertiary/aromatic N) is 3. The molecule has 0 spiro atoms. The van der Waals surface area contributed by atoms with E-state index in [4.69, 9.17) is 27.8 Å². The van der Waals surface area contributed by atoms with Crippen LogP contribution >= 0.6 is 0 Å². The molecule has 0 amide bonds. The van der Waals surface area contributed by atoms with Crippen LogP contribution in [0.3, 0.4) is 0 Å². The Bertz CT molecular complexity index is 2410. The first-order chi connectivity index (χ1) is 26.0. The lowest BCUT2D eigenvalue weighted by molar-refractivity contribution is 0.0333. The molecule has 7 aromatic rings. The van der Waals surface area contributed by atoms with Crippen LogP contribution in [0.15, 0.2) is 128 Å². The van der Waals surface area contributed by atoms with Crippen molar-refractivity contribution < 1.29 is 32.2 Å². The number of hydrogen-bond donors (Lipinski definition) is 0. The van der Waals surface area contributed by atoms with Crippen LogP contribution in [0, 0.1) is 5.82 Å². The van der Waals surface area contributed by atoms with Crippen molar-refractivity contribution in [1.29, 1.82) is 0 Å². The molecule has 0 aliphatic carbocycles. The fourth-order valence-electron chi connectivity index (χ4n) is 5.65. The monoisotopic (exact) mass is 717 g/mol. The Labute approximate surface area is 303 Å². The highest BCUT2D eigenvalue weighted by atomic mass is 19.1. The third-order valence-electron chi connectivity index (χ3n) is 8.37. The topological polar surface area (TPSA) is 128 Å². The molecule has 0 aliphatic heterocycles. The summed E-state index contributed by atoms with van der Waals surface area (Å²) < 4.78 is 49.9. The lowest BCUT2D eigenvalue weighted by atomic mass is 10.1. The number of aryl methyl sites for hydroxylation is 1. The number of fused-ring (bicyclic) bond motifs is 2. The maximum absolute atomic E-state index is 13.5. The van der Waals surface area contributed by atoms with Crippen molar-refractivity contribution in [2.75, 3.05) is 39.6 Å². The van der Waals surface area contributed by atoms with Crippen molar-refractivity contribution in [3.05, 3.63) is 141 Å². The van der Waals surface area contributed by atoms with Crippen LogP contribution in [0.5, 0.6) is 11.5 Å². The van der Waals surface area contributed by atoms with Gasteiger partial charge in [0, 0.05) is 29.5 Å². The average molecular weight is 718 g/mol. The molecule has 0 N–H and O–H groups in total. The van der Waals surface area contributed by atoms with E-state index in [0.717, 1.165) is 23.2 Å². The summed E-state index contributed by atoms with van der Waals surface area (Å²) in [5.41, 5.74) is 2.89. The second kappa shape index (κ2) is 16.9. The maximum atomic E-state index is 13.5. The van der Waals surface area contributed by atoms with E-state index in [-0.39, 0.29) is 16.2 Å². The average Bonchev–Trinajstić information content (AvgIpc) is 3.64. The summed E-state index contributed by atoms with van der Waals surface area (Å²) in [6.07, 6.45) is 3.37. The number of ether oxygens (including phenoxy) is 4. The summed E-state index contributed by atoms with van der Waals surface area (Å²) in [5.74, 6) is 1.82. The van der Waals surface area contributed by atoms with Crippen LogP contribution < -0.4 is 20.3 Å². The molecule has 0 bridgehead atoms. The van der Waals surface area contributed by atoms with Gasteiger partial charge < -0.3 is 27.8 Å². The van der Waals surface area contributed by atoms with Gasteiger partial charge in [-0.1, -0.05) is 17.3 Å². The van der Waals surface area contributed by atoms with E-state index >= 15 is 0 Å². The van der Waals surface area contributed by atoms with Crippen LogP contribution in [-0.4, -0.2) is 54.6 Å². The molecular weight excluding hydrogens is 681 g/mol. The molecule has 3 heterocycles. The van der Waals surface area contributed by atoms with E-state index in [1.165, 1.54) is 30.3 Å². The van der Waals surface area contributed by atoms with Crippen molar-refractivity contribution in [3.63, 3.8) is 0 Å². The fourth-order valence-corrected chi connectivity index (χ4v) is 5.65. The van der Waals surface area contributed by atoms with E-state index in [2.05, 4.69) is 10.3 Å². The standard InChI is InChI=1S/C41H36FN3O8/c42-30-11-16-39-35(24-30)37(47)26-41(53-39)29-7-12-32(13-8-29)50-18-3-4-31-27-45(44-43-31)17-19-48-20-21-49-22-23-51-33-14-9-28(10-15-33)40-25-36(46)34-5-1-2-6-38(34)52-40/h1-2,5-16,24-27H,3-4,17-23H2. The Kier molecular flexibility index (Phi) is 11.3. The van der Waals surface area contributed by atoms with Gasteiger partial charge in [0.15, 0.2) is 10.9 Å². The molecule has 270 valence electrons. The van der Waals surface area contributed by atoms with Crippen LogP contribution in [0.1, 0.15) is 12.1 Å². The van der Waals surface area contributed by atoms with Gasteiger partial charge in [-0.25, -0.2) is 9.07 Å². The van der Waals surface area contributed by atoms with Crippen molar-refractivity contribution in [2.24, 2.45) is 0 Å². The van der Waals surface area contributed by atoms with Gasteiger partial charge >= 0.3 is 0 Å². The highest BCUT2D eigenvalue weighted by Crippen LogP contribution is 2.26. The second-order valence-corrected chi connectivity index (χ2v) is 12.1. The summed E-state index contributed by atoms with van der Waals surface area (Å²) in [7, 11) is 0. The summed E-state index contributed by atoms with van der Waals surface area (Å²) in [6, 6.07) is 28.6. The summed E-state index contributed by atoms with van der Waals surface area (Å²) in [4.78, 5) is 24.8. The summed E-state index contributed by atoms with van der Waals surface area (Å²) in [5, 5.41) is 9.18. The number of hydrogen-bond acceptors (Lipinski definition) is 10. The van der Waals surface area contributed by atoms with Gasteiger partial charge in [-0.2, -0.15) is 0 Å². The first-order valence-electron chi connectivity index (χ1n) is 17.3. The zero-order chi connectivity index (χ0) is 36.4. The number of halogens is 1. The predicted octanol–water partition coefficient (Wildman–Crippen LogP) is 7.09. The van der Waals surface area contributed by atoms with Gasteiger partial charge in [0.1, 0.15) is 46.6 Å². The number of para-hydroxylation sites is 1. The van der Waals surface area contributed by atoms with Crippen LogP contribution in [0.25, 0.3) is 44.6 Å². The molecule has 0 fully saturated rings. The quantitative estimate of drug-likeness (QED) is 0.0901. The Morgan fingerprint density at radius 2 is 1.23 bits per heavy atom. The highest BCUT2D eigenvalue weighted by molar-refractivity contribution is 5.79. The van der Waals surface area contributed by atoms with Crippen LogP contribution in [-0.2, 0) is 22.4 Å². The van der Waals surface area contributed by atoms with Gasteiger partial charge in [-0.05, 0) is 91.7 Å². The Morgan fingerprint density at radius 1 is 0.623 bits per heavy atom. The van der Waals surface area contributed by atoms with E-state index in [1.54, 1.807) is 16.8 Å². The molecule has 11 nitrogen and oxygen atoms in total. The Balaban J connectivity index is 0.737. The number of benzene rings is 4. The molecule has 0 saturated heterocycles. The Hall–Kier alpha value is -6.11. The van der Waals surface area contributed by atoms with Gasteiger partial charge in [0.2, 0.25) is 0 Å². The van der Waals surface area contributed by atoms with Crippen molar-refractivity contribution in [1.82, 2.24) is 15.0 Å². The predicted molar refractivity (Wildman–Crippen MR) is 197 cm³/mol. The fraction of sp³-hybridized carbons (Fsp3) is 0.220. The van der Waals surface area contributed by atoms with Crippen molar-refractivity contribution in [2.45, 2.75) is 19.4 Å². The van der Waals surface area contributed by atoms with Gasteiger partial charge in [-0.3, -0.25) is 9.59 Å². The Morgan fingerprint density at radius 3 is 1.94 bits per heavy atom. The smallest absolute Gasteiger partial charge is 0.193 e. The summed E-state index contributed by atoms with van der Waals surface area (Å²) in [6.45, 7) is 3.25. The van der Waals surface area contributed by atoms with Crippen molar-refractivity contribution >= 4 is 21.9 Å². The largest absolute Gasteiger partial charge is 0.494 e. The maximum Gasteiger partial charge on any atom is 0.193 e. The molecule has 0 radical (unpaired) electrons. The highest BCUT2D eigenvalue weighted by Gasteiger charge is 2.10. The number of aromatic nitrogens is 3. The molecule has 0 aliphatic rings. The minimum atomic E-state index is -0.481. The molecule has 53 heavy (non-hydrogen) atoms. The molecule has 3 aromatic heterocycles. The van der Waals surface area contributed by atoms with E-state index < -0.39 is 5.82 Å². The minimum Gasteiger partial charge on any atom is -0.494 e. The lowest BCUT2D eigenvalue weighted by Crippen LogP contribution is -2.13. The molecule has 0 unspecified atom stereocenters. The third kappa shape index (κ3) is 9.23. The zero-order valence-electron chi connectivity index (χ0n) is 28.7. The second-order valence-electron chi connectivity index (χ2n) is 12.1.